The van der Waals surface area contributed by atoms with Crippen molar-refractivity contribution < 1.29 is 99.9 Å². The highest BCUT2D eigenvalue weighted by molar-refractivity contribution is 7.89. The van der Waals surface area contributed by atoms with E-state index in [1.165, 1.54) is 75.0 Å². The fraction of sp³-hybridized carbons (Fsp3) is 0.593. The topological polar surface area (TPSA) is 607 Å². The third kappa shape index (κ3) is 23.2. The average molecular weight is 1870 g/mol. The summed E-state index contributed by atoms with van der Waals surface area (Å²) in [6.07, 6.45) is 5.62. The van der Waals surface area contributed by atoms with Crippen molar-refractivity contribution in [3.8, 4) is 51.4 Å². The molecule has 45 nitrogen and oxygen atoms in total. The number of hydrogen-bond acceptors (Lipinski definition) is 33. The lowest BCUT2D eigenvalue weighted by Gasteiger charge is -2.41. The fourth-order valence-electron chi connectivity index (χ4n) is 17.1. The second-order valence-corrected chi connectivity index (χ2v) is 37.6. The van der Waals surface area contributed by atoms with Gasteiger partial charge < -0.3 is 74.3 Å². The lowest BCUT2D eigenvalue weighted by atomic mass is 9.77. The van der Waals surface area contributed by atoms with E-state index < -0.39 is 98.3 Å². The van der Waals surface area contributed by atoms with Crippen molar-refractivity contribution in [2.75, 3.05) is 98.7 Å². The number of rotatable bonds is 42. The van der Waals surface area contributed by atoms with E-state index in [4.69, 9.17) is 14.2 Å². The van der Waals surface area contributed by atoms with Gasteiger partial charge in [-0.2, -0.15) is 12.9 Å². The van der Waals surface area contributed by atoms with Gasteiger partial charge in [0, 0.05) is 97.6 Å². The molecule has 3 aromatic carbocycles. The molecular weight excluding hydrogens is 1750 g/mol. The predicted molar refractivity (Wildman–Crippen MR) is 464 cm³/mol. The van der Waals surface area contributed by atoms with Gasteiger partial charge in [0.2, 0.25) is 30.1 Å². The molecule has 9 N–H and O–H groups in total. The first-order valence-corrected chi connectivity index (χ1v) is 47.3. The number of nitrogens with one attached hydrogen (secondary N) is 3. The maximum Gasteiger partial charge on any atom is 0.294 e. The van der Waals surface area contributed by atoms with Crippen LogP contribution in [0.5, 0.6) is 17.2 Å². The summed E-state index contributed by atoms with van der Waals surface area (Å²) in [7, 11) is -12.0. The number of aryl methyl sites for hydroxylation is 6. The Balaban J connectivity index is 0.000000202. The number of aromatic nitrogens is 12. The van der Waals surface area contributed by atoms with Crippen LogP contribution in [0.3, 0.4) is 0 Å². The molecular formula is C81H114N18O27S3. The van der Waals surface area contributed by atoms with Gasteiger partial charge in [-0.3, -0.25) is 14.4 Å². The lowest BCUT2D eigenvalue weighted by molar-refractivity contribution is -0.759. The van der Waals surface area contributed by atoms with E-state index in [0.717, 1.165) is 19.3 Å². The van der Waals surface area contributed by atoms with Crippen molar-refractivity contribution in [3.05, 3.63) is 151 Å². The van der Waals surface area contributed by atoms with E-state index in [-0.39, 0.29) is 186 Å². The van der Waals surface area contributed by atoms with Crippen molar-refractivity contribution in [2.45, 2.75) is 209 Å². The highest BCUT2D eigenvalue weighted by Crippen LogP contribution is 2.42. The number of aliphatic hydroxyl groups excluding tert-OH is 3. The average Bonchev–Trinajstić information content (AvgIpc) is 1.71. The van der Waals surface area contributed by atoms with Crippen molar-refractivity contribution >= 4 is 46.6 Å². The van der Waals surface area contributed by atoms with E-state index in [1.54, 1.807) is 40.7 Å². The van der Waals surface area contributed by atoms with Gasteiger partial charge in [-0.1, -0.05) is 20.8 Å². The molecule has 0 saturated carbocycles. The summed E-state index contributed by atoms with van der Waals surface area (Å²) < 4.78 is 108. The summed E-state index contributed by atoms with van der Waals surface area (Å²) in [6.45, 7) is 16.0. The van der Waals surface area contributed by atoms with Crippen LogP contribution in [0.2, 0.25) is 0 Å². The highest BCUT2D eigenvalue weighted by Gasteiger charge is 2.45. The summed E-state index contributed by atoms with van der Waals surface area (Å²) >= 11 is 0. The van der Waals surface area contributed by atoms with Gasteiger partial charge in [-0.05, 0) is 191 Å². The van der Waals surface area contributed by atoms with Gasteiger partial charge in [0.1, 0.15) is 34.7 Å². The van der Waals surface area contributed by atoms with E-state index in [0.29, 0.717) is 125 Å². The second-order valence-electron chi connectivity index (χ2n) is 31.7. The minimum Gasteiger partial charge on any atom is -0.493 e. The normalized spacial score (nSPS) is 15.6. The van der Waals surface area contributed by atoms with Crippen molar-refractivity contribution in [1.29, 1.82) is 0 Å². The number of aliphatic hydroxyl groups is 6. The summed E-state index contributed by atoms with van der Waals surface area (Å²) in [5.41, 5.74) is -2.04. The minimum absolute atomic E-state index is 0.000223. The Labute approximate surface area is 742 Å². The van der Waals surface area contributed by atoms with Gasteiger partial charge in [-0.15, -0.1) is 45.6 Å². The van der Waals surface area contributed by atoms with E-state index in [2.05, 4.69) is 59.7 Å². The number of nitrogens with zero attached hydrogens (tertiary/aromatic N) is 15. The van der Waals surface area contributed by atoms with Crippen LogP contribution < -0.4 is 30.9 Å². The monoisotopic (exact) mass is 1870 g/mol. The molecule has 3 saturated heterocycles. The molecule has 129 heavy (non-hydrogen) atoms. The molecule has 1 atom stereocenters. The number of H-pyrrole nitrogens is 3. The Morgan fingerprint density at radius 1 is 0.411 bits per heavy atom. The maximum absolute atomic E-state index is 13.8. The number of piperidine rings is 3. The summed E-state index contributed by atoms with van der Waals surface area (Å²) in [6, 6.07) is 13.2. The minimum atomic E-state index is -4.09. The van der Waals surface area contributed by atoms with Gasteiger partial charge in [0.05, 0.1) is 105 Å². The zero-order valence-corrected chi connectivity index (χ0v) is 75.9. The number of sulfonamides is 3. The second kappa shape index (κ2) is 43.7. The van der Waals surface area contributed by atoms with E-state index >= 15 is 0 Å². The quantitative estimate of drug-likeness (QED) is 0.0167. The zero-order valence-electron chi connectivity index (χ0n) is 73.5. The Kier molecular flexibility index (Phi) is 34.0. The number of imidazole rings is 3. The molecule has 0 bridgehead atoms. The first-order valence-electron chi connectivity index (χ1n) is 42.9. The SMILES string of the molecule is CCCc1nc(C)c2c(=O)[nH]c(-c3cc(S(=O)(=O)N4CCC(C(O)(CCO)CCO)CC4)ccc3OCC)nn12.CCCc1nc(C)c2c(=O)[nH]c(-c3cc(S(=O)(=O)N4CCC(C(O)(CCO)CCO[N+](=O)[O-])CC4)ccc3OCC)nn12.CCCc1nc(C)c2c(=O)[nH]c(-c3cc(S(=O)(=O)N4CCC(C(O)(CCO[N+](=O)[O-])CCO[N+](=O)[O-])CC4)ccc3OCC)nn12. The van der Waals surface area contributed by atoms with Crippen LogP contribution in [0.1, 0.15) is 172 Å². The van der Waals surface area contributed by atoms with Crippen LogP contribution in [-0.2, 0) is 63.8 Å². The van der Waals surface area contributed by atoms with Crippen LogP contribution >= 0.6 is 0 Å². The molecule has 3 aliphatic heterocycles. The first-order chi connectivity index (χ1) is 61.3. The molecule has 0 aliphatic carbocycles. The van der Waals surface area contributed by atoms with Crippen molar-refractivity contribution in [2.24, 2.45) is 17.8 Å². The molecule has 708 valence electrons. The molecule has 48 heteroatoms. The molecule has 0 radical (unpaired) electrons. The van der Waals surface area contributed by atoms with Gasteiger partial charge >= 0.3 is 0 Å². The van der Waals surface area contributed by atoms with Crippen LogP contribution in [0, 0.1) is 68.9 Å². The third-order valence-corrected chi connectivity index (χ3v) is 29.2. The molecule has 3 fully saturated rings. The Morgan fingerprint density at radius 3 is 0.876 bits per heavy atom. The molecule has 9 heterocycles. The summed E-state index contributed by atoms with van der Waals surface area (Å²) in [5.74, 6) is 2.15. The molecule has 0 amide bonds. The van der Waals surface area contributed by atoms with Crippen LogP contribution in [0.4, 0.5) is 0 Å². The third-order valence-electron chi connectivity index (χ3n) is 23.6. The van der Waals surface area contributed by atoms with E-state index in [1.807, 2.05) is 27.7 Å². The van der Waals surface area contributed by atoms with Gasteiger partial charge in [0.15, 0.2) is 34.0 Å². The number of ether oxygens (including phenoxy) is 3. The first kappa shape index (κ1) is 100. The van der Waals surface area contributed by atoms with E-state index in [9.17, 15) is 101 Å². The smallest absolute Gasteiger partial charge is 0.294 e. The number of benzene rings is 3. The molecule has 6 aromatic heterocycles. The summed E-state index contributed by atoms with van der Waals surface area (Å²) in [5, 5.41) is 104. The van der Waals surface area contributed by atoms with Crippen LogP contribution in [0.25, 0.3) is 50.7 Å². The van der Waals surface area contributed by atoms with Gasteiger partial charge in [0.25, 0.3) is 31.9 Å². The van der Waals surface area contributed by atoms with Crippen LogP contribution in [-0.4, -0.2) is 258 Å². The highest BCUT2D eigenvalue weighted by atomic mass is 32.2. The molecule has 1 unspecified atom stereocenters. The van der Waals surface area contributed by atoms with Crippen molar-refractivity contribution in [3.63, 3.8) is 0 Å². The Morgan fingerprint density at radius 2 is 0.651 bits per heavy atom. The van der Waals surface area contributed by atoms with Crippen LogP contribution in [0.15, 0.2) is 83.7 Å². The largest absolute Gasteiger partial charge is 0.493 e. The molecule has 0 spiro atoms. The summed E-state index contributed by atoms with van der Waals surface area (Å²) in [4.78, 5) is 106. The number of aromatic amines is 3. The molecule has 12 rings (SSSR count). The molecule has 9 aromatic rings. The Bertz CT molecular complexity index is 5950. The number of hydrogen-bond donors (Lipinski definition) is 9. The number of fused-ring (bicyclic) bond motifs is 3. The lowest BCUT2D eigenvalue weighted by Crippen LogP contribution is -2.48. The standard InChI is InChI=1S/C27H37N7O11S.C27H38N6O9S.C27H39N5O7S/c1-4-6-23-28-18(3)24-26(35)29-25(30-32(23)24)21-17-20(7-8-22(21)43-5-2)46(41,42)31-13-9-19(10-14-31)27(36,11-15-44-33(37)38)12-16-45-34(39)40;1-4-6-23-28-18(3)24-26(35)29-25(30-32(23)24)21-17-20(7-8-22(21)41-5-2)43(39,40)31-13-9-19(10-14-31)27(36,11-15-34)12-16-42-33(37)38;1-4-6-23-28-18(3)24-26(35)29-25(30-32(23)24)21-17-20(7-8-22(21)39-5-2)40(37,38)31-13-9-19(10-14-31)27(36,11-15-33)12-16-34/h7-8,17,19,36H,4-6,9-16H2,1-3H3,(H,29,30,35);7-8,17,19,34,36H,4-6,9-16H2,1-3H3,(H,29,30,35);7-8,17,19,33-34,36H,4-6,9-16H2,1-3H3,(H,29,30,35). The Hall–Kier alpha value is -10.8. The zero-order chi connectivity index (χ0) is 94.1. The maximum atomic E-state index is 13.8. The predicted octanol–water partition coefficient (Wildman–Crippen LogP) is 5.57. The molecule has 3 aliphatic rings. The van der Waals surface area contributed by atoms with Crippen molar-refractivity contribution in [1.82, 2.24) is 71.7 Å². The van der Waals surface area contributed by atoms with Gasteiger partial charge in [-0.25, -0.2) is 53.8 Å². The fourth-order valence-corrected chi connectivity index (χ4v) is 21.5.